The summed E-state index contributed by atoms with van der Waals surface area (Å²) < 4.78 is 0. The largest absolute Gasteiger partial charge is 0.504 e. The summed E-state index contributed by atoms with van der Waals surface area (Å²) in [4.78, 5) is 0. The van der Waals surface area contributed by atoms with Crippen LogP contribution in [0.1, 0.15) is 25.5 Å². The highest BCUT2D eigenvalue weighted by Gasteiger charge is 2.21. The summed E-state index contributed by atoms with van der Waals surface area (Å²) in [5, 5.41) is 40.8. The smallest absolute Gasteiger partial charge is 0.157 e. The van der Waals surface area contributed by atoms with Gasteiger partial charge in [0.1, 0.15) is 0 Å². The van der Waals surface area contributed by atoms with Crippen LogP contribution in [-0.2, 0) is 0 Å². The lowest BCUT2D eigenvalue weighted by Gasteiger charge is -2.24. The van der Waals surface area contributed by atoms with Crippen LogP contribution in [0, 0.1) is 0 Å². The fraction of sp³-hybridized carbons (Fsp3) is 0.500. The molecule has 0 saturated heterocycles. The Bertz CT molecular complexity index is 368. The number of phenolic OH excluding ortho intramolecular Hbond substituents is 2. The van der Waals surface area contributed by atoms with E-state index in [1.807, 2.05) is 13.8 Å². The molecule has 0 aliphatic heterocycles. The van der Waals surface area contributed by atoms with Gasteiger partial charge in [-0.05, 0) is 17.7 Å². The molecule has 0 aliphatic rings. The van der Waals surface area contributed by atoms with Crippen molar-refractivity contribution >= 4 is 0 Å². The van der Waals surface area contributed by atoms with Crippen molar-refractivity contribution in [3.8, 4) is 11.5 Å². The van der Waals surface area contributed by atoms with Gasteiger partial charge in [0.25, 0.3) is 0 Å². The molecule has 1 aromatic carbocycles. The Hall–Kier alpha value is -1.30. The number of phenols is 2. The quantitative estimate of drug-likeness (QED) is 0.484. The first-order valence-electron chi connectivity index (χ1n) is 5.52. The number of hydrogen-bond acceptors (Lipinski definition) is 5. The minimum atomic E-state index is -0.950. The minimum Gasteiger partial charge on any atom is -0.504 e. The lowest BCUT2D eigenvalue weighted by Crippen LogP contribution is -2.41. The van der Waals surface area contributed by atoms with Crippen molar-refractivity contribution in [3.63, 3.8) is 0 Å². The van der Waals surface area contributed by atoms with Gasteiger partial charge in [-0.1, -0.05) is 19.9 Å². The maximum atomic E-state index is 10.0. The molecule has 1 aromatic rings. The summed E-state index contributed by atoms with van der Waals surface area (Å²) >= 11 is 0. The standard InChI is InChI=1S/C12H19NO4/c1-7(2)13-9(6-14)12(17)8-3-4-10(15)11(16)5-8/h3-5,7,9,12-17H,6H2,1-2H3. The first kappa shape index (κ1) is 13.8. The lowest BCUT2D eigenvalue weighted by molar-refractivity contribution is 0.0854. The van der Waals surface area contributed by atoms with Crippen molar-refractivity contribution < 1.29 is 20.4 Å². The number of aliphatic hydroxyl groups is 2. The number of nitrogens with one attached hydrogen (secondary N) is 1. The molecule has 2 atom stereocenters. The first-order chi connectivity index (χ1) is 7.95. The van der Waals surface area contributed by atoms with Crippen molar-refractivity contribution in [2.75, 3.05) is 6.61 Å². The number of aromatic hydroxyl groups is 2. The molecule has 5 heteroatoms. The first-order valence-corrected chi connectivity index (χ1v) is 5.52. The van der Waals surface area contributed by atoms with Crippen molar-refractivity contribution in [2.24, 2.45) is 0 Å². The van der Waals surface area contributed by atoms with Gasteiger partial charge in [0.05, 0.1) is 18.8 Å². The Morgan fingerprint density at radius 2 is 1.82 bits per heavy atom. The topological polar surface area (TPSA) is 93.0 Å². The molecule has 0 saturated carbocycles. The summed E-state index contributed by atoms with van der Waals surface area (Å²) in [6, 6.07) is 3.69. The number of hydrogen-bond donors (Lipinski definition) is 5. The van der Waals surface area contributed by atoms with Gasteiger partial charge in [-0.25, -0.2) is 0 Å². The van der Waals surface area contributed by atoms with Gasteiger partial charge < -0.3 is 25.7 Å². The van der Waals surface area contributed by atoms with Gasteiger partial charge >= 0.3 is 0 Å². The molecule has 17 heavy (non-hydrogen) atoms. The van der Waals surface area contributed by atoms with Crippen molar-refractivity contribution in [1.82, 2.24) is 5.32 Å². The van der Waals surface area contributed by atoms with Gasteiger partial charge in [-0.2, -0.15) is 0 Å². The third-order valence-corrected chi connectivity index (χ3v) is 2.47. The number of benzene rings is 1. The molecule has 0 heterocycles. The van der Waals surface area contributed by atoms with Crippen LogP contribution in [0.25, 0.3) is 0 Å². The van der Waals surface area contributed by atoms with E-state index in [4.69, 9.17) is 0 Å². The fourth-order valence-electron chi connectivity index (χ4n) is 1.63. The molecule has 2 unspecified atom stereocenters. The van der Waals surface area contributed by atoms with E-state index in [1.165, 1.54) is 18.2 Å². The monoisotopic (exact) mass is 241 g/mol. The Kier molecular flexibility index (Phi) is 4.74. The number of rotatable bonds is 5. The van der Waals surface area contributed by atoms with Crippen LogP contribution in [0.4, 0.5) is 0 Å². The molecule has 0 amide bonds. The molecule has 0 aromatic heterocycles. The number of aliphatic hydroxyl groups excluding tert-OH is 2. The van der Waals surface area contributed by atoms with Crippen molar-refractivity contribution in [3.05, 3.63) is 23.8 Å². The summed E-state index contributed by atoms with van der Waals surface area (Å²) in [5.41, 5.74) is 0.438. The predicted molar refractivity (Wildman–Crippen MR) is 63.9 cm³/mol. The van der Waals surface area contributed by atoms with Crippen LogP contribution in [0.3, 0.4) is 0 Å². The van der Waals surface area contributed by atoms with Crippen molar-refractivity contribution in [1.29, 1.82) is 0 Å². The van der Waals surface area contributed by atoms with Crippen LogP contribution >= 0.6 is 0 Å². The van der Waals surface area contributed by atoms with Crippen LogP contribution in [0.2, 0.25) is 0 Å². The van der Waals surface area contributed by atoms with E-state index in [0.717, 1.165) is 0 Å². The zero-order valence-corrected chi connectivity index (χ0v) is 9.96. The second kappa shape index (κ2) is 5.86. The van der Waals surface area contributed by atoms with Crippen LogP contribution < -0.4 is 5.32 Å². The van der Waals surface area contributed by atoms with Gasteiger partial charge in [-0.15, -0.1) is 0 Å². The van der Waals surface area contributed by atoms with E-state index in [1.54, 1.807) is 0 Å². The second-order valence-electron chi connectivity index (χ2n) is 4.30. The van der Waals surface area contributed by atoms with Gasteiger partial charge in [0.15, 0.2) is 11.5 Å². The van der Waals surface area contributed by atoms with E-state index < -0.39 is 12.1 Å². The second-order valence-corrected chi connectivity index (χ2v) is 4.30. The highest BCUT2D eigenvalue weighted by molar-refractivity contribution is 5.41. The Morgan fingerprint density at radius 1 is 1.18 bits per heavy atom. The minimum absolute atomic E-state index is 0.118. The van der Waals surface area contributed by atoms with E-state index in [0.29, 0.717) is 5.56 Å². The molecule has 0 aliphatic carbocycles. The highest BCUT2D eigenvalue weighted by Crippen LogP contribution is 2.28. The Morgan fingerprint density at radius 3 is 2.29 bits per heavy atom. The summed E-state index contributed by atoms with van der Waals surface area (Å²) in [5.74, 6) is -0.527. The summed E-state index contributed by atoms with van der Waals surface area (Å²) in [6.07, 6.45) is -0.950. The molecule has 0 radical (unpaired) electrons. The zero-order valence-electron chi connectivity index (χ0n) is 9.96. The maximum Gasteiger partial charge on any atom is 0.157 e. The molecule has 96 valence electrons. The average molecular weight is 241 g/mol. The summed E-state index contributed by atoms with van der Waals surface area (Å²) in [7, 11) is 0. The SMILES string of the molecule is CC(C)NC(CO)C(O)c1ccc(O)c(O)c1. The van der Waals surface area contributed by atoms with Gasteiger partial charge in [0, 0.05) is 6.04 Å². The molecule has 5 N–H and O–H groups in total. The third kappa shape index (κ3) is 3.59. The molecule has 0 bridgehead atoms. The van der Waals surface area contributed by atoms with E-state index in [9.17, 15) is 20.4 Å². The van der Waals surface area contributed by atoms with E-state index in [-0.39, 0.29) is 24.1 Å². The van der Waals surface area contributed by atoms with Crippen LogP contribution in [0.5, 0.6) is 11.5 Å². The Labute approximate surface area is 100 Å². The third-order valence-electron chi connectivity index (χ3n) is 2.47. The predicted octanol–water partition coefficient (Wildman–Crippen LogP) is 0.490. The van der Waals surface area contributed by atoms with Crippen molar-refractivity contribution in [2.45, 2.75) is 32.0 Å². The molecule has 1 rings (SSSR count). The van der Waals surface area contributed by atoms with E-state index >= 15 is 0 Å². The van der Waals surface area contributed by atoms with Crippen LogP contribution in [-0.4, -0.2) is 39.1 Å². The van der Waals surface area contributed by atoms with Gasteiger partial charge in [0.2, 0.25) is 0 Å². The normalized spacial score (nSPS) is 14.9. The lowest BCUT2D eigenvalue weighted by atomic mass is 10.0. The van der Waals surface area contributed by atoms with E-state index in [2.05, 4.69) is 5.32 Å². The molecular formula is C12H19NO4. The molecule has 5 nitrogen and oxygen atoms in total. The molecule has 0 fully saturated rings. The molecular weight excluding hydrogens is 222 g/mol. The fourth-order valence-corrected chi connectivity index (χ4v) is 1.63. The van der Waals surface area contributed by atoms with Gasteiger partial charge in [-0.3, -0.25) is 0 Å². The maximum absolute atomic E-state index is 10.0. The zero-order chi connectivity index (χ0) is 13.0. The van der Waals surface area contributed by atoms with Crippen LogP contribution in [0.15, 0.2) is 18.2 Å². The Balaban J connectivity index is 2.85. The highest BCUT2D eigenvalue weighted by atomic mass is 16.3. The average Bonchev–Trinajstić information content (AvgIpc) is 2.28. The summed E-state index contributed by atoms with van der Waals surface area (Å²) in [6.45, 7) is 3.59. The molecule has 0 spiro atoms.